The number of hydrogen-bond acceptors (Lipinski definition) is 4. The summed E-state index contributed by atoms with van der Waals surface area (Å²) in [5, 5.41) is 18.6. The lowest BCUT2D eigenvalue weighted by Gasteiger charge is -1.95. The van der Waals surface area contributed by atoms with Crippen LogP contribution in [0.15, 0.2) is 12.1 Å². The Morgan fingerprint density at radius 3 is 2.79 bits per heavy atom. The van der Waals surface area contributed by atoms with E-state index in [9.17, 15) is 10.1 Å². The van der Waals surface area contributed by atoms with E-state index in [0.717, 1.165) is 0 Å². The molecular weight excluding hydrogens is 182 g/mol. The van der Waals surface area contributed by atoms with E-state index in [2.05, 4.69) is 16.8 Å². The molecule has 5 heteroatoms. The number of rotatable bonds is 1. The Kier molecular flexibility index (Phi) is 2.78. The Morgan fingerprint density at radius 1 is 1.57 bits per heavy atom. The molecule has 0 fully saturated rings. The third kappa shape index (κ3) is 2.05. The molecule has 1 aromatic heterocycles. The van der Waals surface area contributed by atoms with Crippen molar-refractivity contribution in [1.29, 1.82) is 5.26 Å². The minimum atomic E-state index is -0.510. The molecule has 0 bridgehead atoms. The summed E-state index contributed by atoms with van der Waals surface area (Å²) in [5.74, 6) is 4.62. The summed E-state index contributed by atoms with van der Waals surface area (Å²) in [5.41, 5.74) is 0.599. The number of aryl methyl sites for hydroxylation is 1. The van der Waals surface area contributed by atoms with Gasteiger partial charge in [-0.05, 0) is 18.9 Å². The summed E-state index contributed by atoms with van der Waals surface area (Å²) in [6.45, 7) is 1.52. The Morgan fingerprint density at radius 2 is 2.29 bits per heavy atom. The summed E-state index contributed by atoms with van der Waals surface area (Å²) in [4.78, 5) is 13.8. The van der Waals surface area contributed by atoms with Gasteiger partial charge in [0.1, 0.15) is 11.4 Å². The Bertz CT molecular complexity index is 477. The van der Waals surface area contributed by atoms with Gasteiger partial charge in [0, 0.05) is 12.0 Å². The van der Waals surface area contributed by atoms with Crippen LogP contribution in [0.1, 0.15) is 11.4 Å². The van der Waals surface area contributed by atoms with Crippen LogP contribution in [0.2, 0.25) is 0 Å². The monoisotopic (exact) mass is 187 g/mol. The summed E-state index contributed by atoms with van der Waals surface area (Å²) in [6, 6.07) is 4.37. The van der Waals surface area contributed by atoms with Crippen molar-refractivity contribution in [3.05, 3.63) is 33.6 Å². The van der Waals surface area contributed by atoms with E-state index in [0.29, 0.717) is 11.4 Å². The molecule has 14 heavy (non-hydrogen) atoms. The molecule has 0 aliphatic rings. The fourth-order valence-electron chi connectivity index (χ4n) is 0.908. The van der Waals surface area contributed by atoms with Gasteiger partial charge in [0.05, 0.1) is 4.92 Å². The average Bonchev–Trinajstić information content (AvgIpc) is 2.14. The van der Waals surface area contributed by atoms with Gasteiger partial charge in [-0.2, -0.15) is 5.26 Å². The number of nitro groups is 1. The largest absolute Gasteiger partial charge is 0.290 e. The van der Waals surface area contributed by atoms with Crippen LogP contribution >= 0.6 is 0 Å². The zero-order chi connectivity index (χ0) is 10.6. The zero-order valence-electron chi connectivity index (χ0n) is 7.31. The first-order valence-electron chi connectivity index (χ1n) is 3.67. The molecule has 0 amide bonds. The maximum absolute atomic E-state index is 10.4. The fourth-order valence-corrected chi connectivity index (χ4v) is 0.908. The van der Waals surface area contributed by atoms with Crippen LogP contribution in [0.25, 0.3) is 0 Å². The molecule has 1 heterocycles. The van der Waals surface area contributed by atoms with E-state index in [-0.39, 0.29) is 5.69 Å². The van der Waals surface area contributed by atoms with Gasteiger partial charge < -0.3 is 0 Å². The molecule has 0 radical (unpaired) electrons. The lowest BCUT2D eigenvalue weighted by molar-refractivity contribution is -0.385. The molecule has 0 saturated carbocycles. The second-order valence-corrected chi connectivity index (χ2v) is 2.42. The minimum absolute atomic E-state index is 0.0486. The van der Waals surface area contributed by atoms with Gasteiger partial charge in [0.2, 0.25) is 0 Å². The molecule has 0 aromatic carbocycles. The van der Waals surface area contributed by atoms with Crippen LogP contribution in [-0.4, -0.2) is 9.91 Å². The Hall–Kier alpha value is -2.40. The maximum atomic E-state index is 10.4. The smallest absolute Gasteiger partial charge is 0.258 e. The van der Waals surface area contributed by atoms with Crippen molar-refractivity contribution >= 4 is 5.69 Å². The minimum Gasteiger partial charge on any atom is -0.258 e. The van der Waals surface area contributed by atoms with Crippen molar-refractivity contribution in [2.75, 3.05) is 0 Å². The molecule has 0 saturated heterocycles. The molecule has 0 aliphatic heterocycles. The number of nitriles is 1. The molecule has 68 valence electrons. The van der Waals surface area contributed by atoms with Crippen molar-refractivity contribution < 1.29 is 4.92 Å². The molecule has 0 spiro atoms. The van der Waals surface area contributed by atoms with E-state index >= 15 is 0 Å². The quantitative estimate of drug-likeness (QED) is 0.375. The molecule has 0 unspecified atom stereocenters. The van der Waals surface area contributed by atoms with E-state index < -0.39 is 4.92 Å². The average molecular weight is 187 g/mol. The molecule has 0 N–H and O–H groups in total. The highest BCUT2D eigenvalue weighted by Crippen LogP contribution is 2.14. The first kappa shape index (κ1) is 9.69. The van der Waals surface area contributed by atoms with E-state index in [4.69, 9.17) is 5.26 Å². The molecule has 0 aliphatic carbocycles. The van der Waals surface area contributed by atoms with Crippen molar-refractivity contribution in [3.8, 4) is 17.9 Å². The molecule has 1 rings (SSSR count). The van der Waals surface area contributed by atoms with Gasteiger partial charge in [-0.15, -0.1) is 0 Å². The summed E-state index contributed by atoms with van der Waals surface area (Å²) < 4.78 is 0. The fraction of sp³-hybridized carbons (Fsp3) is 0.111. The van der Waals surface area contributed by atoms with Crippen molar-refractivity contribution in [3.63, 3.8) is 0 Å². The topological polar surface area (TPSA) is 79.8 Å². The van der Waals surface area contributed by atoms with Gasteiger partial charge in [-0.3, -0.25) is 10.1 Å². The highest BCUT2D eigenvalue weighted by molar-refractivity contribution is 5.41. The van der Waals surface area contributed by atoms with E-state index in [1.165, 1.54) is 19.1 Å². The lowest BCUT2D eigenvalue weighted by atomic mass is 10.3. The van der Waals surface area contributed by atoms with Crippen LogP contribution in [-0.2, 0) is 0 Å². The normalized spacial score (nSPS) is 8.29. The van der Waals surface area contributed by atoms with Crippen LogP contribution in [0.3, 0.4) is 0 Å². The molecule has 1 aromatic rings. The van der Waals surface area contributed by atoms with E-state index in [1.54, 1.807) is 6.07 Å². The van der Waals surface area contributed by atoms with Crippen LogP contribution < -0.4 is 0 Å². The maximum Gasteiger partial charge on any atom is 0.290 e. The van der Waals surface area contributed by atoms with E-state index in [1.807, 2.05) is 0 Å². The zero-order valence-corrected chi connectivity index (χ0v) is 7.31. The van der Waals surface area contributed by atoms with Crippen LogP contribution in [0.4, 0.5) is 5.69 Å². The second-order valence-electron chi connectivity index (χ2n) is 2.42. The van der Waals surface area contributed by atoms with Crippen molar-refractivity contribution in [1.82, 2.24) is 4.98 Å². The highest BCUT2D eigenvalue weighted by atomic mass is 16.6. The van der Waals surface area contributed by atoms with Gasteiger partial charge in [-0.1, -0.05) is 0 Å². The number of hydrogen-bond donors (Lipinski definition) is 0. The van der Waals surface area contributed by atoms with Crippen molar-refractivity contribution in [2.45, 2.75) is 6.92 Å². The van der Waals surface area contributed by atoms with Gasteiger partial charge >= 0.3 is 0 Å². The predicted octanol–water partition coefficient (Wildman–Crippen LogP) is 1.17. The number of nitrogens with zero attached hydrogens (tertiary/aromatic N) is 3. The predicted molar refractivity (Wildman–Crippen MR) is 48.1 cm³/mol. The first-order chi connectivity index (χ1) is 6.65. The third-order valence-electron chi connectivity index (χ3n) is 1.50. The second kappa shape index (κ2) is 4.01. The SMILES string of the molecule is Cc1nc(C#CC#N)ccc1[N+](=O)[O-]. The van der Waals surface area contributed by atoms with Crippen molar-refractivity contribution in [2.24, 2.45) is 0 Å². The third-order valence-corrected chi connectivity index (χ3v) is 1.50. The molecule has 5 nitrogen and oxygen atoms in total. The van der Waals surface area contributed by atoms with Gasteiger partial charge in [0.25, 0.3) is 5.69 Å². The first-order valence-corrected chi connectivity index (χ1v) is 3.67. The Labute approximate surface area is 80.2 Å². The highest BCUT2D eigenvalue weighted by Gasteiger charge is 2.10. The van der Waals surface area contributed by atoms with Gasteiger partial charge in [-0.25, -0.2) is 4.98 Å². The summed E-state index contributed by atoms with van der Waals surface area (Å²) in [6.07, 6.45) is 0. The van der Waals surface area contributed by atoms with Crippen LogP contribution in [0, 0.1) is 40.2 Å². The summed E-state index contributed by atoms with van der Waals surface area (Å²) in [7, 11) is 0. The van der Waals surface area contributed by atoms with Gasteiger partial charge in [0.15, 0.2) is 6.07 Å². The molecular formula is C9H5N3O2. The molecule has 0 atom stereocenters. The standard InChI is InChI=1S/C9H5N3O2/c1-7-9(12(13)14)5-4-8(11-7)3-2-6-10/h4-5H,1H3. The lowest BCUT2D eigenvalue weighted by Crippen LogP contribution is -1.95. The Balaban J connectivity index is 3.14. The number of pyridine rings is 1. The van der Waals surface area contributed by atoms with Crippen LogP contribution in [0.5, 0.6) is 0 Å². The summed E-state index contributed by atoms with van der Waals surface area (Å²) >= 11 is 0. The number of aromatic nitrogens is 1.